The van der Waals surface area contributed by atoms with Crippen LogP contribution in [0.1, 0.15) is 44.8 Å². The fourth-order valence-corrected chi connectivity index (χ4v) is 4.97. The van der Waals surface area contributed by atoms with Crippen LogP contribution < -0.4 is 9.64 Å². The van der Waals surface area contributed by atoms with Gasteiger partial charge < -0.3 is 9.64 Å². The van der Waals surface area contributed by atoms with Crippen molar-refractivity contribution in [3.8, 4) is 5.75 Å². The Bertz CT molecular complexity index is 1440. The number of nitro benzene ring substituents is 1. The quantitative estimate of drug-likeness (QED) is 0.208. The van der Waals surface area contributed by atoms with Gasteiger partial charge in [0.05, 0.1) is 23.1 Å². The molecule has 1 saturated heterocycles. The first-order chi connectivity index (χ1) is 17.3. The third kappa shape index (κ3) is 3.43. The van der Waals surface area contributed by atoms with Crippen LogP contribution in [0.4, 0.5) is 11.4 Å². The maximum absolute atomic E-state index is 13.6. The predicted octanol–water partition coefficient (Wildman–Crippen LogP) is 4.71. The molecule has 2 aliphatic heterocycles. The zero-order valence-corrected chi connectivity index (χ0v) is 20.1. The fraction of sp³-hybridized carbons (Fsp3) is 0.192. The molecule has 9 nitrogen and oxygen atoms in total. The van der Waals surface area contributed by atoms with Crippen molar-refractivity contribution in [1.82, 2.24) is 4.90 Å². The lowest BCUT2D eigenvalue weighted by Gasteiger charge is -2.50. The number of amides is 3. The summed E-state index contributed by atoms with van der Waals surface area (Å²) >= 11 is 6.32. The van der Waals surface area contributed by atoms with E-state index >= 15 is 0 Å². The van der Waals surface area contributed by atoms with Gasteiger partial charge in [-0.15, -0.1) is 0 Å². The van der Waals surface area contributed by atoms with E-state index in [2.05, 4.69) is 0 Å². The number of benzene rings is 3. The molecule has 0 aromatic heterocycles. The summed E-state index contributed by atoms with van der Waals surface area (Å²) in [6, 6.07) is 14.1. The van der Waals surface area contributed by atoms with E-state index in [0.717, 1.165) is 4.90 Å². The first-order valence-electron chi connectivity index (χ1n) is 11.2. The van der Waals surface area contributed by atoms with E-state index in [-0.39, 0.29) is 11.1 Å². The van der Waals surface area contributed by atoms with Gasteiger partial charge in [-0.2, -0.15) is 0 Å². The summed E-state index contributed by atoms with van der Waals surface area (Å²) in [5, 5.41) is 12.0. The van der Waals surface area contributed by atoms with Crippen LogP contribution in [0.3, 0.4) is 0 Å². The molecule has 0 spiro atoms. The lowest BCUT2D eigenvalue weighted by atomic mass is 9.85. The molecule has 0 N–H and O–H groups in total. The van der Waals surface area contributed by atoms with E-state index in [1.165, 1.54) is 23.1 Å². The molecule has 3 aromatic carbocycles. The molecule has 0 aliphatic carbocycles. The minimum absolute atomic E-state index is 0.0928. The number of nitrogens with zero attached hydrogens (tertiary/aromatic N) is 3. The Kier molecular flexibility index (Phi) is 5.72. The molecule has 0 radical (unpaired) electrons. The molecule has 1 fully saturated rings. The Balaban J connectivity index is 1.61. The van der Waals surface area contributed by atoms with Crippen LogP contribution in [0.15, 0.2) is 60.7 Å². The highest BCUT2D eigenvalue weighted by Gasteiger charge is 2.58. The van der Waals surface area contributed by atoms with Gasteiger partial charge in [-0.05, 0) is 55.3 Å². The van der Waals surface area contributed by atoms with Crippen molar-refractivity contribution in [1.29, 1.82) is 0 Å². The van der Waals surface area contributed by atoms with Crippen molar-refractivity contribution in [3.05, 3.63) is 98.1 Å². The third-order valence-corrected chi connectivity index (χ3v) is 6.91. The van der Waals surface area contributed by atoms with Gasteiger partial charge >= 0.3 is 0 Å². The van der Waals surface area contributed by atoms with Crippen molar-refractivity contribution in [2.75, 3.05) is 11.5 Å². The molecule has 2 unspecified atom stereocenters. The molecular weight excluding hydrogens is 486 g/mol. The van der Waals surface area contributed by atoms with Gasteiger partial charge in [0.25, 0.3) is 23.4 Å². The number of β-lactam (4-membered cyclic amide) rings is 1. The summed E-state index contributed by atoms with van der Waals surface area (Å²) in [4.78, 5) is 53.5. The van der Waals surface area contributed by atoms with Crippen LogP contribution in [0.2, 0.25) is 5.02 Å². The van der Waals surface area contributed by atoms with Crippen LogP contribution in [0.25, 0.3) is 0 Å². The summed E-state index contributed by atoms with van der Waals surface area (Å²) in [6.45, 7) is 4.12. The maximum atomic E-state index is 13.6. The SMILES string of the molecule is CCOc1ccc(C2C(N3C(=O)c4cccc([N+](=O)[O-])c4C3=O)C(=O)N2c2cccc(Cl)c2C)cc1. The summed E-state index contributed by atoms with van der Waals surface area (Å²) in [7, 11) is 0. The summed E-state index contributed by atoms with van der Waals surface area (Å²) in [5.74, 6) is -1.46. The van der Waals surface area contributed by atoms with Gasteiger partial charge in [0.15, 0.2) is 0 Å². The number of anilines is 1. The van der Waals surface area contributed by atoms with Gasteiger partial charge in [0.2, 0.25) is 0 Å². The standard InChI is InChI=1S/C26H20ClN3O6/c1-3-36-16-12-10-15(11-13-16)22-23(26(33)28(22)19-8-5-7-18(27)14(19)2)29-24(31)17-6-4-9-20(30(34)35)21(17)25(29)32/h4-13,22-23H,3H2,1-2H3. The highest BCUT2D eigenvalue weighted by atomic mass is 35.5. The molecule has 2 aliphatic rings. The second-order valence-electron chi connectivity index (χ2n) is 8.42. The Labute approximate surface area is 211 Å². The lowest BCUT2D eigenvalue weighted by molar-refractivity contribution is -0.385. The van der Waals surface area contributed by atoms with E-state index in [9.17, 15) is 24.5 Å². The van der Waals surface area contributed by atoms with Crippen molar-refractivity contribution in [2.45, 2.75) is 25.9 Å². The molecule has 5 rings (SSSR count). The van der Waals surface area contributed by atoms with Crippen LogP contribution in [0.5, 0.6) is 5.75 Å². The van der Waals surface area contributed by atoms with Crippen molar-refractivity contribution < 1.29 is 24.0 Å². The molecule has 3 aromatic rings. The van der Waals surface area contributed by atoms with Gasteiger partial charge in [0.1, 0.15) is 17.4 Å². The summed E-state index contributed by atoms with van der Waals surface area (Å²) in [6.07, 6.45) is 0. The predicted molar refractivity (Wildman–Crippen MR) is 131 cm³/mol. The van der Waals surface area contributed by atoms with Crippen molar-refractivity contribution in [2.24, 2.45) is 0 Å². The number of fused-ring (bicyclic) bond motifs is 1. The minimum Gasteiger partial charge on any atom is -0.494 e. The molecule has 3 amide bonds. The molecule has 36 heavy (non-hydrogen) atoms. The highest BCUT2D eigenvalue weighted by molar-refractivity contribution is 6.32. The van der Waals surface area contributed by atoms with Crippen LogP contribution in [0, 0.1) is 17.0 Å². The Morgan fingerprint density at radius 3 is 2.31 bits per heavy atom. The maximum Gasteiger partial charge on any atom is 0.282 e. The van der Waals surface area contributed by atoms with Crippen LogP contribution in [-0.4, -0.2) is 40.2 Å². The minimum atomic E-state index is -1.19. The number of carbonyl (C=O) groups excluding carboxylic acids is 3. The molecule has 182 valence electrons. The first-order valence-corrected chi connectivity index (χ1v) is 11.6. The van der Waals surface area contributed by atoms with Crippen LogP contribution in [-0.2, 0) is 4.79 Å². The number of carbonyl (C=O) groups is 3. The topological polar surface area (TPSA) is 110 Å². The average molecular weight is 506 g/mol. The number of imide groups is 1. The average Bonchev–Trinajstić information content (AvgIpc) is 3.11. The molecule has 0 saturated carbocycles. The molecule has 0 bridgehead atoms. The number of halogens is 1. The third-order valence-electron chi connectivity index (χ3n) is 6.50. The lowest BCUT2D eigenvalue weighted by Crippen LogP contribution is -2.67. The first kappa shape index (κ1) is 23.5. The summed E-state index contributed by atoms with van der Waals surface area (Å²) < 4.78 is 5.52. The Morgan fingerprint density at radius 1 is 0.944 bits per heavy atom. The zero-order chi connectivity index (χ0) is 25.7. The smallest absolute Gasteiger partial charge is 0.282 e. The van der Waals surface area contributed by atoms with Gasteiger partial charge in [-0.3, -0.25) is 29.4 Å². The zero-order valence-electron chi connectivity index (χ0n) is 19.3. The number of rotatable bonds is 6. The van der Waals surface area contributed by atoms with Crippen LogP contribution >= 0.6 is 11.6 Å². The molecule has 2 heterocycles. The van der Waals surface area contributed by atoms with E-state index in [0.29, 0.717) is 34.2 Å². The molecule has 10 heteroatoms. The second kappa shape index (κ2) is 8.76. The van der Waals surface area contributed by atoms with Crippen molar-refractivity contribution >= 4 is 40.7 Å². The summed E-state index contributed by atoms with van der Waals surface area (Å²) in [5.41, 5.74) is 1.01. The van der Waals surface area contributed by atoms with E-state index in [4.69, 9.17) is 16.3 Å². The second-order valence-corrected chi connectivity index (χ2v) is 8.83. The Hall–Kier alpha value is -4.24. The van der Waals surface area contributed by atoms with Gasteiger partial charge in [0, 0.05) is 16.8 Å². The number of nitro groups is 1. The normalized spacial score (nSPS) is 18.8. The largest absolute Gasteiger partial charge is 0.494 e. The highest BCUT2D eigenvalue weighted by Crippen LogP contribution is 2.46. The van der Waals surface area contributed by atoms with Crippen molar-refractivity contribution in [3.63, 3.8) is 0 Å². The van der Waals surface area contributed by atoms with E-state index in [1.807, 2.05) is 6.92 Å². The molecular formula is C26H20ClN3O6. The monoisotopic (exact) mass is 505 g/mol. The Morgan fingerprint density at radius 2 is 1.64 bits per heavy atom. The fourth-order valence-electron chi connectivity index (χ4n) is 4.80. The number of hydrogen-bond donors (Lipinski definition) is 0. The molecule has 2 atom stereocenters. The van der Waals surface area contributed by atoms with Gasteiger partial charge in [-0.1, -0.05) is 35.9 Å². The van der Waals surface area contributed by atoms with E-state index < -0.39 is 40.4 Å². The number of ether oxygens (including phenoxy) is 1. The number of hydrogen-bond acceptors (Lipinski definition) is 6. The van der Waals surface area contributed by atoms with E-state index in [1.54, 1.807) is 49.4 Å². The van der Waals surface area contributed by atoms with Gasteiger partial charge in [-0.25, -0.2) is 0 Å².